The van der Waals surface area contributed by atoms with Crippen LogP contribution in [0.2, 0.25) is 0 Å². The molecule has 23 heavy (non-hydrogen) atoms. The monoisotopic (exact) mass is 334 g/mol. The largest absolute Gasteiger partial charge is 0.416 e. The summed E-state index contributed by atoms with van der Waals surface area (Å²) in [5.41, 5.74) is -2.42. The maximum atomic E-state index is 13.6. The van der Waals surface area contributed by atoms with Gasteiger partial charge >= 0.3 is 6.18 Å². The molecule has 1 aromatic rings. The number of carbonyl (C=O) groups excluding carboxylic acids is 2. The highest BCUT2D eigenvalue weighted by Gasteiger charge is 2.31. The number of anilines is 1. The number of amides is 2. The summed E-state index contributed by atoms with van der Waals surface area (Å²) in [6.07, 6.45) is -4.65. The topological polar surface area (TPSA) is 58.2 Å². The fraction of sp³-hybridized carbons (Fsp3) is 0.467. The molecule has 0 aliphatic carbocycles. The normalized spacial score (nSPS) is 13.4. The van der Waals surface area contributed by atoms with Crippen molar-refractivity contribution in [3.05, 3.63) is 29.6 Å². The first-order valence-corrected chi connectivity index (χ1v) is 6.81. The van der Waals surface area contributed by atoms with E-state index in [9.17, 15) is 27.2 Å². The molecule has 1 unspecified atom stereocenters. The summed E-state index contributed by atoms with van der Waals surface area (Å²) in [4.78, 5) is 23.7. The van der Waals surface area contributed by atoms with Crippen LogP contribution in [0, 0.1) is 11.2 Å². The quantitative estimate of drug-likeness (QED) is 0.833. The Bertz CT molecular complexity index is 606. The summed E-state index contributed by atoms with van der Waals surface area (Å²) < 4.78 is 51.4. The molecule has 2 N–H and O–H groups in total. The fourth-order valence-corrected chi connectivity index (χ4v) is 1.52. The lowest BCUT2D eigenvalue weighted by Crippen LogP contribution is -2.46. The highest BCUT2D eigenvalue weighted by Crippen LogP contribution is 2.31. The fourth-order valence-electron chi connectivity index (χ4n) is 1.52. The number of hydrogen-bond donors (Lipinski definition) is 2. The molecule has 0 saturated heterocycles. The van der Waals surface area contributed by atoms with E-state index < -0.39 is 46.5 Å². The third kappa shape index (κ3) is 5.22. The van der Waals surface area contributed by atoms with Crippen LogP contribution in [0.3, 0.4) is 0 Å². The van der Waals surface area contributed by atoms with Crippen molar-refractivity contribution >= 4 is 17.5 Å². The average Bonchev–Trinajstić information content (AvgIpc) is 2.38. The van der Waals surface area contributed by atoms with Crippen LogP contribution >= 0.6 is 0 Å². The third-order valence-electron chi connectivity index (χ3n) is 2.97. The number of halogens is 4. The molecule has 0 bridgehead atoms. The van der Waals surface area contributed by atoms with Crippen molar-refractivity contribution in [1.29, 1.82) is 0 Å². The van der Waals surface area contributed by atoms with Crippen molar-refractivity contribution in [2.75, 3.05) is 5.32 Å². The first-order valence-electron chi connectivity index (χ1n) is 6.81. The van der Waals surface area contributed by atoms with E-state index in [1.807, 2.05) is 0 Å². The molecule has 0 spiro atoms. The second-order valence-electron chi connectivity index (χ2n) is 6.13. The molecule has 8 heteroatoms. The molecule has 0 aromatic heterocycles. The molecule has 128 valence electrons. The van der Waals surface area contributed by atoms with E-state index in [2.05, 4.69) is 10.6 Å². The lowest BCUT2D eigenvalue weighted by atomic mass is 9.95. The Balaban J connectivity index is 2.87. The smallest absolute Gasteiger partial charge is 0.344 e. The molecule has 0 saturated carbocycles. The first-order chi connectivity index (χ1) is 10.3. The lowest BCUT2D eigenvalue weighted by molar-refractivity contribution is -0.137. The summed E-state index contributed by atoms with van der Waals surface area (Å²) >= 11 is 0. The Labute approximate surface area is 131 Å². The Hall–Kier alpha value is -2.12. The van der Waals surface area contributed by atoms with Gasteiger partial charge in [-0.25, -0.2) is 4.39 Å². The molecular formula is C15H18F4N2O2. The van der Waals surface area contributed by atoms with Crippen LogP contribution in [0.4, 0.5) is 23.2 Å². The summed E-state index contributed by atoms with van der Waals surface area (Å²) in [6, 6.07) is 0.675. The van der Waals surface area contributed by atoms with E-state index in [4.69, 9.17) is 0 Å². The van der Waals surface area contributed by atoms with E-state index in [0.29, 0.717) is 18.2 Å². The molecule has 4 nitrogen and oxygen atoms in total. The van der Waals surface area contributed by atoms with Crippen molar-refractivity contribution in [3.63, 3.8) is 0 Å². The van der Waals surface area contributed by atoms with Gasteiger partial charge < -0.3 is 10.6 Å². The van der Waals surface area contributed by atoms with E-state index in [0.717, 1.165) is 0 Å². The number of carbonyl (C=O) groups is 2. The van der Waals surface area contributed by atoms with Crippen molar-refractivity contribution < 1.29 is 27.2 Å². The van der Waals surface area contributed by atoms with Gasteiger partial charge in [-0.15, -0.1) is 0 Å². The average molecular weight is 334 g/mol. The lowest BCUT2D eigenvalue weighted by Gasteiger charge is -2.21. The van der Waals surface area contributed by atoms with Crippen molar-refractivity contribution in [1.82, 2.24) is 5.32 Å². The van der Waals surface area contributed by atoms with Crippen molar-refractivity contribution in [2.45, 2.75) is 39.9 Å². The van der Waals surface area contributed by atoms with Gasteiger partial charge in [-0.05, 0) is 25.1 Å². The Morgan fingerprint density at radius 3 is 2.17 bits per heavy atom. The van der Waals surface area contributed by atoms with Gasteiger partial charge in [0.05, 0.1) is 11.3 Å². The van der Waals surface area contributed by atoms with Gasteiger partial charge in [0.1, 0.15) is 11.9 Å². The van der Waals surface area contributed by atoms with Crippen LogP contribution in [0.15, 0.2) is 18.2 Å². The van der Waals surface area contributed by atoms with Gasteiger partial charge in [0.25, 0.3) is 0 Å². The van der Waals surface area contributed by atoms with E-state index in [1.165, 1.54) is 6.92 Å². The standard InChI is InChI=1S/C15H18F4N2O2/c1-8(20-13(23)14(2,3)4)12(22)21-11-7-9(15(17,18)19)5-6-10(11)16/h5-8H,1-4H3,(H,20,23)(H,21,22). The minimum absolute atomic E-state index is 0.412. The number of benzene rings is 1. The first kappa shape index (κ1) is 18.9. The highest BCUT2D eigenvalue weighted by molar-refractivity contribution is 5.97. The molecule has 0 heterocycles. The van der Waals surface area contributed by atoms with Crippen LogP contribution in [0.1, 0.15) is 33.3 Å². The summed E-state index contributed by atoms with van der Waals surface area (Å²) in [5, 5.41) is 4.46. The molecule has 1 rings (SSSR count). The zero-order valence-corrected chi connectivity index (χ0v) is 13.1. The molecule has 0 radical (unpaired) electrons. The van der Waals surface area contributed by atoms with Gasteiger partial charge in [0.2, 0.25) is 11.8 Å². The molecule has 0 fully saturated rings. The van der Waals surface area contributed by atoms with Crippen LogP contribution in [-0.2, 0) is 15.8 Å². The van der Waals surface area contributed by atoms with E-state index in [-0.39, 0.29) is 0 Å². The Morgan fingerprint density at radius 2 is 1.70 bits per heavy atom. The second-order valence-corrected chi connectivity index (χ2v) is 6.13. The number of alkyl halides is 3. The van der Waals surface area contributed by atoms with Crippen LogP contribution in [0.5, 0.6) is 0 Å². The maximum Gasteiger partial charge on any atom is 0.416 e. The van der Waals surface area contributed by atoms with Crippen LogP contribution in [-0.4, -0.2) is 17.9 Å². The summed E-state index contributed by atoms with van der Waals surface area (Å²) in [6.45, 7) is 6.27. The maximum absolute atomic E-state index is 13.6. The zero-order valence-electron chi connectivity index (χ0n) is 13.1. The molecule has 0 aliphatic rings. The molecule has 1 aromatic carbocycles. The van der Waals surface area contributed by atoms with E-state index in [1.54, 1.807) is 20.8 Å². The zero-order chi connectivity index (χ0) is 18.0. The number of hydrogen-bond acceptors (Lipinski definition) is 2. The SMILES string of the molecule is CC(NC(=O)C(C)(C)C)C(=O)Nc1cc(C(F)(F)F)ccc1F. The van der Waals surface area contributed by atoms with Crippen molar-refractivity contribution in [3.8, 4) is 0 Å². The van der Waals surface area contributed by atoms with Crippen molar-refractivity contribution in [2.24, 2.45) is 5.41 Å². The van der Waals surface area contributed by atoms with Crippen LogP contribution in [0.25, 0.3) is 0 Å². The van der Waals surface area contributed by atoms with Gasteiger partial charge in [-0.1, -0.05) is 20.8 Å². The molecular weight excluding hydrogens is 316 g/mol. The van der Waals surface area contributed by atoms with E-state index >= 15 is 0 Å². The van der Waals surface area contributed by atoms with Crippen LogP contribution < -0.4 is 10.6 Å². The Kier molecular flexibility index (Phi) is 5.39. The predicted octanol–water partition coefficient (Wildman–Crippen LogP) is 3.33. The van der Waals surface area contributed by atoms with Gasteiger partial charge in [-0.3, -0.25) is 9.59 Å². The minimum Gasteiger partial charge on any atom is -0.344 e. The van der Waals surface area contributed by atoms with Gasteiger partial charge in [0.15, 0.2) is 0 Å². The van der Waals surface area contributed by atoms with Gasteiger partial charge in [-0.2, -0.15) is 13.2 Å². The summed E-state index contributed by atoms with van der Waals surface area (Å²) in [5.74, 6) is -2.23. The minimum atomic E-state index is -4.65. The second kappa shape index (κ2) is 6.55. The highest BCUT2D eigenvalue weighted by atomic mass is 19.4. The molecule has 2 amide bonds. The Morgan fingerprint density at radius 1 is 1.13 bits per heavy atom. The predicted molar refractivity (Wildman–Crippen MR) is 77.1 cm³/mol. The molecule has 0 aliphatic heterocycles. The third-order valence-corrected chi connectivity index (χ3v) is 2.97. The molecule has 1 atom stereocenters. The number of rotatable bonds is 3. The van der Waals surface area contributed by atoms with Gasteiger partial charge in [0, 0.05) is 5.41 Å². The number of nitrogens with one attached hydrogen (secondary N) is 2. The summed E-state index contributed by atoms with van der Waals surface area (Å²) in [7, 11) is 0.